The zero-order valence-corrected chi connectivity index (χ0v) is 10.3. The number of nitrogens with zero attached hydrogens (tertiary/aromatic N) is 3. The highest BCUT2D eigenvalue weighted by molar-refractivity contribution is 5.46. The fourth-order valence-electron chi connectivity index (χ4n) is 2.55. The number of pyridine rings is 1. The number of nitriles is 1. The van der Waals surface area contributed by atoms with Crippen molar-refractivity contribution in [3.63, 3.8) is 0 Å². The van der Waals surface area contributed by atoms with E-state index in [0.717, 1.165) is 24.3 Å². The summed E-state index contributed by atoms with van der Waals surface area (Å²) in [4.78, 5) is 4.59. The van der Waals surface area contributed by atoms with E-state index in [-0.39, 0.29) is 0 Å². The van der Waals surface area contributed by atoms with Crippen LogP contribution in [0.3, 0.4) is 0 Å². The molecule has 4 nitrogen and oxygen atoms in total. The van der Waals surface area contributed by atoms with Gasteiger partial charge in [0.25, 0.3) is 0 Å². The summed E-state index contributed by atoms with van der Waals surface area (Å²) >= 11 is 0. The largest absolute Gasteiger partial charge is 0.314 e. The first kappa shape index (κ1) is 11.2. The molecule has 4 heteroatoms. The minimum atomic E-state index is 0.555. The van der Waals surface area contributed by atoms with E-state index in [1.807, 2.05) is 22.7 Å². The molecular weight excluding hydrogens is 224 g/mol. The molecule has 0 amide bonds. The Hall–Kier alpha value is -1.86. The fraction of sp³-hybridized carbons (Fsp3) is 0.429. The maximum atomic E-state index is 8.87. The summed E-state index contributed by atoms with van der Waals surface area (Å²) in [6.07, 6.45) is 8.77. The van der Waals surface area contributed by atoms with Crippen molar-refractivity contribution < 1.29 is 0 Å². The number of piperidine rings is 1. The third-order valence-corrected chi connectivity index (χ3v) is 3.51. The van der Waals surface area contributed by atoms with Crippen molar-refractivity contribution >= 4 is 5.65 Å². The van der Waals surface area contributed by atoms with Crippen molar-refractivity contribution in [2.75, 3.05) is 6.54 Å². The van der Waals surface area contributed by atoms with Crippen LogP contribution in [-0.2, 0) is 6.42 Å². The number of aromatic nitrogens is 2. The Balaban J connectivity index is 1.82. The van der Waals surface area contributed by atoms with Gasteiger partial charge in [-0.1, -0.05) is 6.42 Å². The van der Waals surface area contributed by atoms with Gasteiger partial charge in [0.05, 0.1) is 17.3 Å². The van der Waals surface area contributed by atoms with E-state index in [1.54, 1.807) is 0 Å². The fourth-order valence-corrected chi connectivity index (χ4v) is 2.55. The predicted octanol–water partition coefficient (Wildman–Crippen LogP) is 1.89. The van der Waals surface area contributed by atoms with Gasteiger partial charge in [-0.25, -0.2) is 4.98 Å². The third kappa shape index (κ3) is 2.22. The maximum absolute atomic E-state index is 8.87. The molecular formula is C14H16N4. The zero-order chi connectivity index (χ0) is 12.4. The van der Waals surface area contributed by atoms with E-state index in [4.69, 9.17) is 5.26 Å². The molecule has 0 bridgehead atoms. The predicted molar refractivity (Wildman–Crippen MR) is 69.3 cm³/mol. The molecule has 1 aliphatic rings. The highest BCUT2D eigenvalue weighted by atomic mass is 15.0. The Morgan fingerprint density at radius 3 is 3.22 bits per heavy atom. The Morgan fingerprint density at radius 2 is 2.44 bits per heavy atom. The van der Waals surface area contributed by atoms with Crippen molar-refractivity contribution in [1.29, 1.82) is 5.26 Å². The smallest absolute Gasteiger partial charge is 0.138 e. The summed E-state index contributed by atoms with van der Waals surface area (Å²) < 4.78 is 1.99. The van der Waals surface area contributed by atoms with Crippen LogP contribution in [0.4, 0.5) is 0 Å². The van der Waals surface area contributed by atoms with Gasteiger partial charge in [-0.15, -0.1) is 0 Å². The van der Waals surface area contributed by atoms with Crippen LogP contribution < -0.4 is 5.32 Å². The van der Waals surface area contributed by atoms with Gasteiger partial charge in [0.1, 0.15) is 5.65 Å². The number of imidazole rings is 1. The van der Waals surface area contributed by atoms with Gasteiger partial charge < -0.3 is 9.72 Å². The first-order valence-electron chi connectivity index (χ1n) is 6.46. The second-order valence-electron chi connectivity index (χ2n) is 4.88. The highest BCUT2D eigenvalue weighted by Crippen LogP contribution is 2.14. The molecule has 0 spiro atoms. The first-order valence-corrected chi connectivity index (χ1v) is 6.46. The second kappa shape index (κ2) is 4.79. The second-order valence-corrected chi connectivity index (χ2v) is 4.88. The third-order valence-electron chi connectivity index (χ3n) is 3.51. The number of nitrogens with one attached hydrogen (secondary N) is 1. The van der Waals surface area contributed by atoms with Crippen LogP contribution in [0, 0.1) is 11.3 Å². The van der Waals surface area contributed by atoms with Gasteiger partial charge in [0.15, 0.2) is 0 Å². The lowest BCUT2D eigenvalue weighted by Gasteiger charge is -2.22. The van der Waals surface area contributed by atoms with Crippen LogP contribution in [0.5, 0.6) is 0 Å². The number of rotatable bonds is 2. The minimum Gasteiger partial charge on any atom is -0.314 e. The van der Waals surface area contributed by atoms with Crippen LogP contribution in [-0.4, -0.2) is 22.0 Å². The first-order chi connectivity index (χ1) is 8.85. The molecule has 3 rings (SSSR count). The molecule has 3 heterocycles. The van der Waals surface area contributed by atoms with E-state index in [9.17, 15) is 0 Å². The summed E-state index contributed by atoms with van der Waals surface area (Å²) in [6, 6.07) is 6.35. The van der Waals surface area contributed by atoms with Gasteiger partial charge >= 0.3 is 0 Å². The van der Waals surface area contributed by atoms with Crippen LogP contribution in [0.25, 0.3) is 5.65 Å². The molecule has 18 heavy (non-hydrogen) atoms. The maximum Gasteiger partial charge on any atom is 0.138 e. The molecule has 2 aromatic heterocycles. The lowest BCUT2D eigenvalue weighted by Crippen LogP contribution is -2.35. The molecule has 1 atom stereocenters. The van der Waals surface area contributed by atoms with Crippen LogP contribution in [0.2, 0.25) is 0 Å². The Labute approximate surface area is 106 Å². The van der Waals surface area contributed by atoms with Gasteiger partial charge in [0, 0.05) is 24.9 Å². The van der Waals surface area contributed by atoms with E-state index in [1.165, 1.54) is 19.3 Å². The lowest BCUT2D eigenvalue weighted by atomic mass is 10.0. The van der Waals surface area contributed by atoms with Gasteiger partial charge in [-0.3, -0.25) is 0 Å². The van der Waals surface area contributed by atoms with Crippen LogP contribution in [0.15, 0.2) is 24.5 Å². The van der Waals surface area contributed by atoms with Crippen molar-refractivity contribution in [2.45, 2.75) is 31.7 Å². The van der Waals surface area contributed by atoms with Crippen molar-refractivity contribution in [3.05, 3.63) is 35.8 Å². The van der Waals surface area contributed by atoms with Gasteiger partial charge in [-0.05, 0) is 31.5 Å². The summed E-state index contributed by atoms with van der Waals surface area (Å²) in [6.45, 7) is 1.12. The Kier molecular flexibility index (Phi) is 2.99. The minimum absolute atomic E-state index is 0.555. The van der Waals surface area contributed by atoms with E-state index in [0.29, 0.717) is 11.6 Å². The molecule has 2 aromatic rings. The summed E-state index contributed by atoms with van der Waals surface area (Å²) in [5, 5.41) is 12.4. The van der Waals surface area contributed by atoms with Crippen LogP contribution in [0.1, 0.15) is 30.5 Å². The number of fused-ring (bicyclic) bond motifs is 1. The van der Waals surface area contributed by atoms with E-state index >= 15 is 0 Å². The molecule has 0 unspecified atom stereocenters. The summed E-state index contributed by atoms with van der Waals surface area (Å²) in [5.41, 5.74) is 2.62. The molecule has 0 radical (unpaired) electrons. The number of hydrogen-bond acceptors (Lipinski definition) is 3. The molecule has 0 saturated carbocycles. The average Bonchev–Trinajstić information content (AvgIpc) is 2.80. The average molecular weight is 240 g/mol. The van der Waals surface area contributed by atoms with E-state index < -0.39 is 0 Å². The topological polar surface area (TPSA) is 53.1 Å². The van der Waals surface area contributed by atoms with Crippen LogP contribution >= 0.6 is 0 Å². The molecule has 1 saturated heterocycles. The summed E-state index contributed by atoms with van der Waals surface area (Å²) in [7, 11) is 0. The van der Waals surface area contributed by atoms with Gasteiger partial charge in [-0.2, -0.15) is 5.26 Å². The molecule has 92 valence electrons. The standard InChI is InChI=1S/C14H16N4/c15-9-11-4-6-18-10-13(17-14(18)7-11)8-12-3-1-2-5-16-12/h4,6-7,10,12,16H,1-3,5,8H2/t12-/m0/s1. The van der Waals surface area contributed by atoms with Crippen molar-refractivity contribution in [2.24, 2.45) is 0 Å². The Morgan fingerprint density at radius 1 is 1.50 bits per heavy atom. The van der Waals surface area contributed by atoms with E-state index in [2.05, 4.69) is 22.6 Å². The monoisotopic (exact) mass is 240 g/mol. The van der Waals surface area contributed by atoms with Crippen molar-refractivity contribution in [1.82, 2.24) is 14.7 Å². The Bertz CT molecular complexity index is 587. The SMILES string of the molecule is N#Cc1ccn2cc(C[C@@H]3CCCCN3)nc2c1. The lowest BCUT2D eigenvalue weighted by molar-refractivity contribution is 0.397. The molecule has 0 aromatic carbocycles. The van der Waals surface area contributed by atoms with Gasteiger partial charge in [0.2, 0.25) is 0 Å². The molecule has 1 aliphatic heterocycles. The highest BCUT2D eigenvalue weighted by Gasteiger charge is 2.14. The molecule has 0 aliphatic carbocycles. The molecule has 1 fully saturated rings. The normalized spacial score (nSPS) is 19.8. The summed E-state index contributed by atoms with van der Waals surface area (Å²) in [5.74, 6) is 0. The zero-order valence-electron chi connectivity index (χ0n) is 10.3. The molecule has 1 N–H and O–H groups in total. The number of hydrogen-bond donors (Lipinski definition) is 1. The quantitative estimate of drug-likeness (QED) is 0.872. The van der Waals surface area contributed by atoms with Crippen molar-refractivity contribution in [3.8, 4) is 6.07 Å².